The van der Waals surface area contributed by atoms with Gasteiger partial charge in [-0.3, -0.25) is 9.89 Å². The number of amides is 1. The molecule has 0 aliphatic carbocycles. The molecule has 3 heterocycles. The zero-order chi connectivity index (χ0) is 24.4. The van der Waals surface area contributed by atoms with Crippen LogP contribution < -0.4 is 15.5 Å². The van der Waals surface area contributed by atoms with Gasteiger partial charge in [0, 0.05) is 43.1 Å². The standard InChI is InChI=1S/C25H25FN8O/c1-3-22(35)28-17-6-4-5-16(13-17)23-24-20(31-32-23)15-27-25(30-24)29-18-7-8-21(19(26)14-18)34-11-9-33(2)10-12-34/h3-8,13-15H,1,9-12H2,2H3,(H,28,35)(H,31,32)(H,27,29,30). The molecule has 5 rings (SSSR count). The number of halogens is 1. The van der Waals surface area contributed by atoms with Crippen molar-refractivity contribution in [1.82, 2.24) is 25.1 Å². The van der Waals surface area contributed by atoms with Crippen LogP contribution in [-0.2, 0) is 4.79 Å². The van der Waals surface area contributed by atoms with Crippen molar-refractivity contribution in [1.29, 1.82) is 0 Å². The lowest BCUT2D eigenvalue weighted by molar-refractivity contribution is -0.111. The number of benzene rings is 2. The lowest BCUT2D eigenvalue weighted by atomic mass is 10.1. The van der Waals surface area contributed by atoms with Crippen LogP contribution in [0.3, 0.4) is 0 Å². The molecule has 0 unspecified atom stereocenters. The van der Waals surface area contributed by atoms with Crippen molar-refractivity contribution >= 4 is 40.0 Å². The summed E-state index contributed by atoms with van der Waals surface area (Å²) in [5.74, 6) is -0.264. The van der Waals surface area contributed by atoms with E-state index < -0.39 is 0 Å². The molecule has 1 aliphatic rings. The third kappa shape index (κ3) is 4.82. The molecule has 2 aromatic carbocycles. The topological polar surface area (TPSA) is 102 Å². The normalized spacial score (nSPS) is 14.2. The van der Waals surface area contributed by atoms with Crippen LogP contribution in [0.2, 0.25) is 0 Å². The van der Waals surface area contributed by atoms with E-state index in [4.69, 9.17) is 0 Å². The first-order valence-electron chi connectivity index (χ1n) is 11.3. The van der Waals surface area contributed by atoms with E-state index in [1.54, 1.807) is 24.4 Å². The second-order valence-corrected chi connectivity index (χ2v) is 8.38. The van der Waals surface area contributed by atoms with E-state index in [0.717, 1.165) is 31.7 Å². The Bertz CT molecular complexity index is 1390. The maximum absolute atomic E-state index is 14.9. The van der Waals surface area contributed by atoms with Crippen LogP contribution in [0.25, 0.3) is 22.3 Å². The second kappa shape index (κ2) is 9.51. The fourth-order valence-electron chi connectivity index (χ4n) is 4.03. The van der Waals surface area contributed by atoms with Crippen molar-refractivity contribution in [2.75, 3.05) is 48.8 Å². The number of fused-ring (bicyclic) bond motifs is 1. The molecule has 4 aromatic rings. The molecule has 2 aromatic heterocycles. The Morgan fingerprint density at radius 3 is 2.74 bits per heavy atom. The number of likely N-dealkylation sites (N-methyl/N-ethyl adjacent to an activating group) is 1. The van der Waals surface area contributed by atoms with E-state index in [9.17, 15) is 9.18 Å². The smallest absolute Gasteiger partial charge is 0.247 e. The number of carbonyl (C=O) groups is 1. The van der Waals surface area contributed by atoms with Crippen LogP contribution in [0.1, 0.15) is 0 Å². The highest BCUT2D eigenvalue weighted by Gasteiger charge is 2.18. The van der Waals surface area contributed by atoms with E-state index in [2.05, 4.69) is 54.2 Å². The third-order valence-corrected chi connectivity index (χ3v) is 5.94. The van der Waals surface area contributed by atoms with E-state index in [1.165, 1.54) is 12.1 Å². The van der Waals surface area contributed by atoms with Crippen LogP contribution in [0.15, 0.2) is 61.3 Å². The molecule has 1 fully saturated rings. The Labute approximate surface area is 201 Å². The Morgan fingerprint density at radius 2 is 1.97 bits per heavy atom. The molecule has 3 N–H and O–H groups in total. The van der Waals surface area contributed by atoms with Crippen LogP contribution in [0, 0.1) is 5.82 Å². The largest absolute Gasteiger partial charge is 0.367 e. The van der Waals surface area contributed by atoms with Gasteiger partial charge in [-0.1, -0.05) is 18.7 Å². The molecular weight excluding hydrogens is 447 g/mol. The van der Waals surface area contributed by atoms with Gasteiger partial charge >= 0.3 is 0 Å². The van der Waals surface area contributed by atoms with Gasteiger partial charge in [-0.05, 0) is 43.5 Å². The van der Waals surface area contributed by atoms with Gasteiger partial charge in [0.15, 0.2) is 0 Å². The molecule has 1 saturated heterocycles. The second-order valence-electron chi connectivity index (χ2n) is 8.38. The monoisotopic (exact) mass is 472 g/mol. The van der Waals surface area contributed by atoms with E-state index in [-0.39, 0.29) is 11.7 Å². The van der Waals surface area contributed by atoms with E-state index >= 15 is 0 Å². The lowest BCUT2D eigenvalue weighted by Gasteiger charge is -2.34. The van der Waals surface area contributed by atoms with Crippen LogP contribution in [-0.4, -0.2) is 64.2 Å². The summed E-state index contributed by atoms with van der Waals surface area (Å²) in [5.41, 5.74) is 4.40. The number of aromatic nitrogens is 4. The van der Waals surface area contributed by atoms with Gasteiger partial charge in [-0.15, -0.1) is 0 Å². The summed E-state index contributed by atoms with van der Waals surface area (Å²) in [7, 11) is 2.07. The summed E-state index contributed by atoms with van der Waals surface area (Å²) in [4.78, 5) is 24.9. The van der Waals surface area contributed by atoms with Gasteiger partial charge < -0.3 is 20.4 Å². The number of hydrogen-bond acceptors (Lipinski definition) is 7. The van der Waals surface area contributed by atoms with Crippen molar-refractivity contribution in [2.24, 2.45) is 0 Å². The zero-order valence-corrected chi connectivity index (χ0v) is 19.3. The average molecular weight is 473 g/mol. The highest BCUT2D eigenvalue weighted by Crippen LogP contribution is 2.29. The number of H-pyrrole nitrogens is 1. The van der Waals surface area contributed by atoms with Gasteiger partial charge in [-0.25, -0.2) is 14.4 Å². The number of nitrogens with zero attached hydrogens (tertiary/aromatic N) is 5. The molecule has 178 valence electrons. The van der Waals surface area contributed by atoms with E-state index in [1.807, 2.05) is 18.2 Å². The quantitative estimate of drug-likeness (QED) is 0.367. The first kappa shape index (κ1) is 22.5. The Balaban J connectivity index is 1.38. The number of rotatable bonds is 6. The van der Waals surface area contributed by atoms with Gasteiger partial charge in [-0.2, -0.15) is 5.10 Å². The molecular formula is C25H25FN8O. The maximum atomic E-state index is 14.9. The highest BCUT2D eigenvalue weighted by atomic mass is 19.1. The van der Waals surface area contributed by atoms with Crippen molar-refractivity contribution in [3.8, 4) is 11.3 Å². The predicted molar refractivity (Wildman–Crippen MR) is 135 cm³/mol. The number of hydrogen-bond donors (Lipinski definition) is 3. The molecule has 0 saturated carbocycles. The molecule has 35 heavy (non-hydrogen) atoms. The molecule has 10 heteroatoms. The lowest BCUT2D eigenvalue weighted by Crippen LogP contribution is -2.44. The zero-order valence-electron chi connectivity index (χ0n) is 19.3. The highest BCUT2D eigenvalue weighted by molar-refractivity contribution is 5.99. The first-order chi connectivity index (χ1) is 17.0. The van der Waals surface area contributed by atoms with Crippen molar-refractivity contribution in [2.45, 2.75) is 0 Å². The Hall–Kier alpha value is -4.31. The fourth-order valence-corrected chi connectivity index (χ4v) is 4.03. The molecule has 0 bridgehead atoms. The van der Waals surface area contributed by atoms with Crippen molar-refractivity contribution in [3.63, 3.8) is 0 Å². The van der Waals surface area contributed by atoms with E-state index in [0.29, 0.717) is 39.7 Å². The SMILES string of the molecule is C=CC(=O)Nc1cccc(-c2n[nH]c3cnc(Nc4ccc(N5CCN(C)CC5)c(F)c4)nc23)c1. The van der Waals surface area contributed by atoms with Crippen LogP contribution >= 0.6 is 0 Å². The number of carbonyl (C=O) groups excluding carboxylic acids is 1. The molecule has 1 aliphatic heterocycles. The summed E-state index contributed by atoms with van der Waals surface area (Å²) in [6, 6.07) is 12.4. The summed E-state index contributed by atoms with van der Waals surface area (Å²) < 4.78 is 14.9. The summed E-state index contributed by atoms with van der Waals surface area (Å²) >= 11 is 0. The van der Waals surface area contributed by atoms with Gasteiger partial charge in [0.05, 0.1) is 11.9 Å². The predicted octanol–water partition coefficient (Wildman–Crippen LogP) is 3.78. The molecule has 9 nitrogen and oxygen atoms in total. The summed E-state index contributed by atoms with van der Waals surface area (Å²) in [5, 5.41) is 13.1. The van der Waals surface area contributed by atoms with Gasteiger partial charge in [0.2, 0.25) is 11.9 Å². The minimum atomic E-state index is -0.297. The minimum Gasteiger partial charge on any atom is -0.367 e. The molecule has 0 atom stereocenters. The van der Waals surface area contributed by atoms with Crippen LogP contribution in [0.4, 0.5) is 27.4 Å². The number of nitrogens with one attached hydrogen (secondary N) is 3. The number of piperazine rings is 1. The van der Waals surface area contributed by atoms with Gasteiger partial charge in [0.1, 0.15) is 22.5 Å². The molecule has 0 radical (unpaired) electrons. The summed E-state index contributed by atoms with van der Waals surface area (Å²) in [6.45, 7) is 6.87. The van der Waals surface area contributed by atoms with Crippen molar-refractivity contribution < 1.29 is 9.18 Å². The van der Waals surface area contributed by atoms with Gasteiger partial charge in [0.25, 0.3) is 0 Å². The van der Waals surface area contributed by atoms with Crippen LogP contribution in [0.5, 0.6) is 0 Å². The fraction of sp³-hybridized carbons (Fsp3) is 0.200. The third-order valence-electron chi connectivity index (χ3n) is 5.94. The molecule has 0 spiro atoms. The Morgan fingerprint density at radius 1 is 1.14 bits per heavy atom. The Kier molecular flexibility index (Phi) is 6.11. The number of aromatic amines is 1. The first-order valence-corrected chi connectivity index (χ1v) is 11.3. The maximum Gasteiger partial charge on any atom is 0.247 e. The summed E-state index contributed by atoms with van der Waals surface area (Å²) in [6.07, 6.45) is 2.84. The van der Waals surface area contributed by atoms with Crippen molar-refractivity contribution in [3.05, 3.63) is 67.1 Å². The average Bonchev–Trinajstić information content (AvgIpc) is 3.28. The number of anilines is 4. The molecule has 1 amide bonds. The minimum absolute atomic E-state index is 0.289.